The summed E-state index contributed by atoms with van der Waals surface area (Å²) in [7, 11) is 3.47. The normalized spacial score (nSPS) is 10.9. The van der Waals surface area contributed by atoms with Gasteiger partial charge >= 0.3 is 0 Å². The molecule has 7 nitrogen and oxygen atoms in total. The maximum Gasteiger partial charge on any atom is 0.292 e. The molecular weight excluding hydrogens is 441 g/mol. The third kappa shape index (κ3) is 4.61. The summed E-state index contributed by atoms with van der Waals surface area (Å²) in [6, 6.07) is 3.32. The average Bonchev–Trinajstić information content (AvgIpc) is 2.78. The van der Waals surface area contributed by atoms with E-state index in [-0.39, 0.29) is 17.4 Å². The van der Waals surface area contributed by atoms with E-state index in [1.807, 2.05) is 20.0 Å². The van der Waals surface area contributed by atoms with Crippen molar-refractivity contribution in [3.8, 4) is 0 Å². The minimum Gasteiger partial charge on any atom is -0.358 e. The van der Waals surface area contributed by atoms with Crippen LogP contribution >= 0.6 is 41.7 Å². The topological polar surface area (TPSA) is 74.0 Å². The van der Waals surface area contributed by atoms with E-state index >= 15 is 0 Å². The van der Waals surface area contributed by atoms with Crippen LogP contribution in [0.25, 0.3) is 0 Å². The Kier molecular flexibility index (Phi) is 6.53. The molecule has 0 bridgehead atoms. The highest BCUT2D eigenvalue weighted by Crippen LogP contribution is 2.15. The maximum absolute atomic E-state index is 12.3. The van der Waals surface area contributed by atoms with Crippen LogP contribution in [-0.2, 0) is 18.5 Å². The molecule has 0 radical (unpaired) electrons. The number of hydrogen-bond donors (Lipinski definition) is 1. The Bertz CT molecular complexity index is 686. The summed E-state index contributed by atoms with van der Waals surface area (Å²) >= 11 is 8.16. The predicted molar refractivity (Wildman–Crippen MR) is 97.2 cm³/mol. The Labute approximate surface area is 148 Å². The molecule has 0 fully saturated rings. The van der Waals surface area contributed by atoms with Crippen LogP contribution < -0.4 is 10.9 Å². The molecule has 0 atom stereocenters. The van der Waals surface area contributed by atoms with E-state index in [2.05, 4.69) is 36.7 Å². The number of nitrogens with one attached hydrogen (secondary N) is 1. The molecule has 0 aromatic carbocycles. The SMILES string of the molecule is Cc1cc(Nc2cc(Cl)nn(COCCSI)c2=O)nn1C. The Morgan fingerprint density at radius 2 is 2.23 bits per heavy atom. The van der Waals surface area contributed by atoms with Gasteiger partial charge in [0.05, 0.1) is 6.61 Å². The number of nitrogens with zero attached hydrogens (tertiary/aromatic N) is 4. The Morgan fingerprint density at radius 3 is 2.86 bits per heavy atom. The average molecular weight is 456 g/mol. The van der Waals surface area contributed by atoms with Gasteiger partial charge in [-0.05, 0) is 28.1 Å². The van der Waals surface area contributed by atoms with Crippen molar-refractivity contribution in [1.29, 1.82) is 0 Å². The van der Waals surface area contributed by atoms with Crippen molar-refractivity contribution in [3.63, 3.8) is 0 Å². The molecular formula is C12H15ClIN5O2S. The third-order valence-electron chi connectivity index (χ3n) is 2.84. The summed E-state index contributed by atoms with van der Waals surface area (Å²) in [5, 5.41) is 11.4. The second kappa shape index (κ2) is 8.18. The molecule has 0 aliphatic rings. The van der Waals surface area contributed by atoms with Gasteiger partial charge in [0.1, 0.15) is 12.4 Å². The van der Waals surface area contributed by atoms with Crippen LogP contribution in [0.15, 0.2) is 16.9 Å². The zero-order valence-electron chi connectivity index (χ0n) is 12.0. The standard InChI is InChI=1S/C12H15ClIN5O2S/c1-8-5-11(17-18(8)2)15-9-6-10(13)16-19(12(9)20)7-21-3-4-22-14/h5-6H,3-4,7H2,1-2H3,(H,15,17). The van der Waals surface area contributed by atoms with Crippen LogP contribution in [0, 0.1) is 6.92 Å². The number of rotatable bonds is 7. The van der Waals surface area contributed by atoms with E-state index in [0.29, 0.717) is 18.1 Å². The highest BCUT2D eigenvalue weighted by atomic mass is 127. The lowest BCUT2D eigenvalue weighted by molar-refractivity contribution is 0.0778. The highest BCUT2D eigenvalue weighted by molar-refractivity contribution is 14.2. The largest absolute Gasteiger partial charge is 0.358 e. The van der Waals surface area contributed by atoms with Crippen LogP contribution in [0.1, 0.15) is 5.69 Å². The van der Waals surface area contributed by atoms with Crippen molar-refractivity contribution in [2.45, 2.75) is 13.7 Å². The van der Waals surface area contributed by atoms with Crippen LogP contribution in [0.5, 0.6) is 0 Å². The second-order valence-electron chi connectivity index (χ2n) is 4.46. The van der Waals surface area contributed by atoms with E-state index in [9.17, 15) is 4.79 Å². The van der Waals surface area contributed by atoms with Gasteiger partial charge in [0, 0.05) is 30.6 Å². The van der Waals surface area contributed by atoms with Crippen molar-refractivity contribution in [2.75, 3.05) is 17.7 Å². The molecule has 2 aromatic heterocycles. The number of anilines is 2. The van der Waals surface area contributed by atoms with Crippen LogP contribution in [-0.4, -0.2) is 31.9 Å². The van der Waals surface area contributed by atoms with Crippen molar-refractivity contribution >= 4 is 53.2 Å². The summed E-state index contributed by atoms with van der Waals surface area (Å²) < 4.78 is 8.30. The zero-order chi connectivity index (χ0) is 16.1. The summed E-state index contributed by atoms with van der Waals surface area (Å²) in [5.41, 5.74) is 0.974. The first-order valence-electron chi connectivity index (χ1n) is 6.38. The van der Waals surface area contributed by atoms with Crippen molar-refractivity contribution < 1.29 is 4.74 Å². The molecule has 1 N–H and O–H groups in total. The number of ether oxygens (including phenoxy) is 1. The molecule has 2 rings (SSSR count). The van der Waals surface area contributed by atoms with Gasteiger partial charge in [0.25, 0.3) is 5.56 Å². The van der Waals surface area contributed by atoms with Crippen molar-refractivity contribution in [3.05, 3.63) is 33.3 Å². The molecule has 0 saturated heterocycles. The highest BCUT2D eigenvalue weighted by Gasteiger charge is 2.10. The van der Waals surface area contributed by atoms with Gasteiger partial charge in [0.2, 0.25) is 0 Å². The molecule has 0 amide bonds. The first kappa shape index (κ1) is 17.6. The molecule has 0 aliphatic heterocycles. The van der Waals surface area contributed by atoms with Crippen molar-refractivity contribution in [2.24, 2.45) is 7.05 Å². The first-order valence-corrected chi connectivity index (χ1v) is 10.3. The Hall–Kier alpha value is -0.780. The van der Waals surface area contributed by atoms with Gasteiger partial charge in [-0.1, -0.05) is 20.5 Å². The molecule has 120 valence electrons. The predicted octanol–water partition coefficient (Wildman–Crippen LogP) is 2.74. The van der Waals surface area contributed by atoms with Gasteiger partial charge < -0.3 is 10.1 Å². The molecule has 0 spiro atoms. The number of halogens is 2. The van der Waals surface area contributed by atoms with Crippen LogP contribution in [0.3, 0.4) is 0 Å². The number of aryl methyl sites for hydroxylation is 2. The Morgan fingerprint density at radius 1 is 1.45 bits per heavy atom. The fraction of sp³-hybridized carbons (Fsp3) is 0.417. The second-order valence-corrected chi connectivity index (χ2v) is 7.34. The zero-order valence-corrected chi connectivity index (χ0v) is 15.8. The van der Waals surface area contributed by atoms with Gasteiger partial charge in [-0.25, -0.2) is 4.68 Å². The molecule has 10 heteroatoms. The summed E-state index contributed by atoms with van der Waals surface area (Å²) in [5.74, 6) is 1.42. The quantitative estimate of drug-likeness (QED) is 0.511. The van der Waals surface area contributed by atoms with E-state index in [0.717, 1.165) is 11.4 Å². The Balaban J connectivity index is 2.17. The molecule has 2 heterocycles. The smallest absolute Gasteiger partial charge is 0.292 e. The van der Waals surface area contributed by atoms with E-state index < -0.39 is 0 Å². The molecule has 2 aromatic rings. The number of hydrogen-bond acceptors (Lipinski definition) is 6. The third-order valence-corrected chi connectivity index (χ3v) is 4.67. The number of aromatic nitrogens is 4. The maximum atomic E-state index is 12.3. The fourth-order valence-corrected chi connectivity index (χ4v) is 2.61. The van der Waals surface area contributed by atoms with Crippen LogP contribution in [0.2, 0.25) is 5.15 Å². The molecule has 0 saturated carbocycles. The molecule has 22 heavy (non-hydrogen) atoms. The van der Waals surface area contributed by atoms with Gasteiger partial charge in [-0.3, -0.25) is 9.48 Å². The van der Waals surface area contributed by atoms with E-state index in [1.165, 1.54) is 10.7 Å². The monoisotopic (exact) mass is 455 g/mol. The molecule has 0 unspecified atom stereocenters. The molecule has 0 aliphatic carbocycles. The van der Waals surface area contributed by atoms with E-state index in [1.54, 1.807) is 13.6 Å². The summed E-state index contributed by atoms with van der Waals surface area (Å²) in [6.07, 6.45) is 0. The summed E-state index contributed by atoms with van der Waals surface area (Å²) in [6.45, 7) is 2.53. The van der Waals surface area contributed by atoms with E-state index in [4.69, 9.17) is 16.3 Å². The van der Waals surface area contributed by atoms with Gasteiger partial charge in [0.15, 0.2) is 11.0 Å². The lowest BCUT2D eigenvalue weighted by Crippen LogP contribution is -2.26. The minimum atomic E-state index is -0.310. The summed E-state index contributed by atoms with van der Waals surface area (Å²) in [4.78, 5) is 12.3. The van der Waals surface area contributed by atoms with Crippen molar-refractivity contribution in [1.82, 2.24) is 19.6 Å². The van der Waals surface area contributed by atoms with Crippen LogP contribution in [0.4, 0.5) is 11.5 Å². The lowest BCUT2D eigenvalue weighted by Gasteiger charge is -2.09. The van der Waals surface area contributed by atoms with Gasteiger partial charge in [-0.15, -0.1) is 0 Å². The minimum absolute atomic E-state index is 0.0620. The first-order chi connectivity index (χ1) is 10.5. The lowest BCUT2D eigenvalue weighted by atomic mass is 10.4. The van der Waals surface area contributed by atoms with Gasteiger partial charge in [-0.2, -0.15) is 10.2 Å². The fourth-order valence-electron chi connectivity index (χ4n) is 1.69.